The first-order valence-electron chi connectivity index (χ1n) is 5.37. The summed E-state index contributed by atoms with van der Waals surface area (Å²) in [6.07, 6.45) is 0. The summed E-state index contributed by atoms with van der Waals surface area (Å²) in [5, 5.41) is 23.8. The Morgan fingerprint density at radius 3 is 1.24 bits per heavy atom. The molecule has 0 saturated carbocycles. The molecule has 0 aliphatic carbocycles. The topological polar surface area (TPSA) is 129 Å². The molecule has 7 nitrogen and oxygen atoms in total. The van der Waals surface area contributed by atoms with E-state index >= 15 is 0 Å². The van der Waals surface area contributed by atoms with Crippen molar-refractivity contribution >= 4 is 29.4 Å². The molecule has 0 aromatic carbocycles. The van der Waals surface area contributed by atoms with Crippen LogP contribution in [-0.2, 0) is 56.5 Å². The van der Waals surface area contributed by atoms with Crippen LogP contribution in [0, 0.1) is 25.6 Å². The summed E-state index contributed by atoms with van der Waals surface area (Å²) < 4.78 is 0. The second kappa shape index (κ2) is 86.7. The summed E-state index contributed by atoms with van der Waals surface area (Å²) in [6.45, 7) is 11.7. The van der Waals surface area contributed by atoms with Gasteiger partial charge in [0.15, 0.2) is 0 Å². The molecule has 0 amide bonds. The van der Waals surface area contributed by atoms with E-state index in [0.717, 1.165) is 10.7 Å². The molecule has 0 aliphatic heterocycles. The molecule has 0 rings (SSSR count). The molecule has 1 N–H and O–H groups in total. The molecule has 0 aliphatic rings. The van der Waals surface area contributed by atoms with Crippen LogP contribution in [0.15, 0.2) is 17.3 Å². The van der Waals surface area contributed by atoms with Gasteiger partial charge in [-0.25, -0.2) is 0 Å². The molecule has 11 heteroatoms. The van der Waals surface area contributed by atoms with Crippen molar-refractivity contribution in [2.45, 2.75) is 27.7 Å². The predicted octanol–water partition coefficient (Wildman–Crippen LogP) is 3.52. The van der Waals surface area contributed by atoms with E-state index in [1.807, 2.05) is 11.8 Å². The van der Waals surface area contributed by atoms with Crippen LogP contribution >= 0.6 is 11.8 Å². The molecule has 0 aromatic heterocycles. The standard InChI is InChI=1S/2C4H10S.C2H3N.2Ag.2HNO2/c2*1-3-5-4-2;1-2-3;;;2*2-1-3/h2*3-4H2,1-2H3;3H,1H2;;;2*(H,2,3)/p-1. The van der Waals surface area contributed by atoms with Crippen LogP contribution in [0.2, 0.25) is 0 Å². The third-order valence-corrected chi connectivity index (χ3v) is 2.57. The number of rotatable bonds is 4. The van der Waals surface area contributed by atoms with Crippen molar-refractivity contribution in [3.05, 3.63) is 26.8 Å². The summed E-state index contributed by atoms with van der Waals surface area (Å²) in [5.41, 5.74) is 0. The number of nitrogens with zero attached hydrogens (tertiary/aromatic N) is 2. The van der Waals surface area contributed by atoms with Crippen molar-refractivity contribution in [1.82, 2.24) is 0 Å². The molecule has 0 aromatic rings. The minimum atomic E-state index is 0. The number of hydrogen-bond acceptors (Lipinski definition) is 8. The van der Waals surface area contributed by atoms with Crippen molar-refractivity contribution in [2.24, 2.45) is 10.7 Å². The van der Waals surface area contributed by atoms with Crippen molar-refractivity contribution in [3.8, 4) is 0 Å². The van der Waals surface area contributed by atoms with Gasteiger partial charge >= 0.3 is 0 Å². The number of thiol groups is 1. The van der Waals surface area contributed by atoms with Crippen LogP contribution in [0.1, 0.15) is 27.7 Å². The normalized spacial score (nSPS) is 5.52. The first kappa shape index (κ1) is 43.0. The van der Waals surface area contributed by atoms with Crippen LogP contribution in [0.5, 0.6) is 0 Å². The molecule has 0 atom stereocenters. The third kappa shape index (κ3) is 354. The zero-order chi connectivity index (χ0) is 16.4. The van der Waals surface area contributed by atoms with Crippen molar-refractivity contribution in [2.75, 3.05) is 23.0 Å². The SMILES string of the molecule is C=C=N.CCSCC.CC[SH+]CC.O=N[O-].O=N[O-].[Ag].[Ag]. The van der Waals surface area contributed by atoms with Gasteiger partial charge in [-0.2, -0.15) is 11.8 Å². The van der Waals surface area contributed by atoms with Crippen molar-refractivity contribution in [3.63, 3.8) is 0 Å². The van der Waals surface area contributed by atoms with Gasteiger partial charge in [0.25, 0.3) is 0 Å². The summed E-state index contributed by atoms with van der Waals surface area (Å²) in [4.78, 5) is 16.0. The Balaban J connectivity index is -0.0000000233. The zero-order valence-electron chi connectivity index (χ0n) is 12.5. The van der Waals surface area contributed by atoms with Crippen LogP contribution in [0.4, 0.5) is 0 Å². The van der Waals surface area contributed by atoms with Gasteiger partial charge in [-0.3, -0.25) is 5.41 Å². The molecular formula is C10H24Ag2N3O4S2-. The Hall–Kier alpha value is 0.431. The largest absolute Gasteiger partial charge is 0.444 e. The molecule has 0 spiro atoms. The van der Waals surface area contributed by atoms with E-state index in [1.165, 1.54) is 23.0 Å². The maximum atomic E-state index is 8.00. The summed E-state index contributed by atoms with van der Waals surface area (Å²) >= 11 is 3.54. The molecule has 0 heterocycles. The fraction of sp³-hybridized carbons (Fsp3) is 0.800. The first-order chi connectivity index (χ1) is 9.07. The minimum absolute atomic E-state index is 0. The molecule has 138 valence electrons. The summed E-state index contributed by atoms with van der Waals surface area (Å²) in [5.74, 6) is 6.90. The number of thioether (sulfide) groups is 1. The molecule has 2 radical (unpaired) electrons. The van der Waals surface area contributed by atoms with Crippen molar-refractivity contribution in [1.29, 1.82) is 5.41 Å². The second-order valence-corrected chi connectivity index (χ2v) is 5.24. The first-order valence-corrected chi connectivity index (χ1v) is 7.79. The molecule has 0 fully saturated rings. The van der Waals surface area contributed by atoms with Gasteiger partial charge in [0.1, 0.15) is 11.5 Å². The van der Waals surface area contributed by atoms with Gasteiger partial charge in [0.2, 0.25) is 0 Å². The predicted molar refractivity (Wildman–Crippen MR) is 90.2 cm³/mol. The average Bonchev–Trinajstić information content (AvgIpc) is 2.35. The van der Waals surface area contributed by atoms with Gasteiger partial charge in [-0.05, 0) is 49.6 Å². The van der Waals surface area contributed by atoms with E-state index in [1.54, 1.807) is 17.6 Å². The molecule has 0 saturated heterocycles. The summed E-state index contributed by atoms with van der Waals surface area (Å²) in [6, 6.07) is 0. The van der Waals surface area contributed by atoms with Crippen molar-refractivity contribution < 1.29 is 44.8 Å². The van der Waals surface area contributed by atoms with E-state index in [9.17, 15) is 0 Å². The van der Waals surface area contributed by atoms with Gasteiger partial charge in [-0.1, -0.05) is 13.8 Å². The number of nitrogens with one attached hydrogen (secondary N) is 1. The van der Waals surface area contributed by atoms with Gasteiger partial charge in [0.05, 0.1) is 0 Å². The Kier molecular flexibility index (Phi) is 177. The van der Waals surface area contributed by atoms with E-state index in [2.05, 4.69) is 34.3 Å². The maximum Gasteiger partial charge on any atom is 0.103 e. The zero-order valence-corrected chi connectivity index (χ0v) is 17.2. The Morgan fingerprint density at radius 1 is 1.05 bits per heavy atom. The maximum absolute atomic E-state index is 8.00. The molecule has 0 bridgehead atoms. The Morgan fingerprint density at radius 2 is 1.24 bits per heavy atom. The van der Waals surface area contributed by atoms with Gasteiger partial charge < -0.3 is 20.2 Å². The molecular weight excluding hydrogens is 506 g/mol. The van der Waals surface area contributed by atoms with Crippen LogP contribution < -0.4 is 0 Å². The van der Waals surface area contributed by atoms with Crippen LogP contribution in [0.3, 0.4) is 0 Å². The van der Waals surface area contributed by atoms with E-state index < -0.39 is 0 Å². The summed E-state index contributed by atoms with van der Waals surface area (Å²) in [7, 11) is 0. The second-order valence-electron chi connectivity index (χ2n) is 1.96. The smallest absolute Gasteiger partial charge is 0.103 e. The van der Waals surface area contributed by atoms with Crippen LogP contribution in [-0.4, -0.2) is 28.9 Å². The quantitative estimate of drug-likeness (QED) is 0.149. The van der Waals surface area contributed by atoms with E-state index in [4.69, 9.17) is 25.6 Å². The van der Waals surface area contributed by atoms with Crippen LogP contribution in [0.25, 0.3) is 0 Å². The fourth-order valence-electron chi connectivity index (χ4n) is 0.428. The Bertz CT molecular complexity index is 162. The van der Waals surface area contributed by atoms with E-state index in [-0.39, 0.29) is 44.8 Å². The Labute approximate surface area is 166 Å². The van der Waals surface area contributed by atoms with Gasteiger partial charge in [-0.15, -0.1) is 10.7 Å². The fourth-order valence-corrected chi connectivity index (χ4v) is 1.28. The third-order valence-electron chi connectivity index (χ3n) is 0.855. The van der Waals surface area contributed by atoms with Gasteiger partial charge in [0, 0.05) is 44.8 Å². The average molecular weight is 530 g/mol. The molecule has 21 heavy (non-hydrogen) atoms. The van der Waals surface area contributed by atoms with E-state index in [0.29, 0.717) is 0 Å². The number of hydrogen-bond donors (Lipinski definition) is 1. The minimum Gasteiger partial charge on any atom is -0.444 e. The molecule has 0 unspecified atom stereocenters. The monoisotopic (exact) mass is 528 g/mol.